The second kappa shape index (κ2) is 7.58. The Morgan fingerprint density at radius 3 is 2.79 bits per heavy atom. The predicted molar refractivity (Wildman–Crippen MR) is 101 cm³/mol. The first-order valence-electron chi connectivity index (χ1n) is 9.31. The average Bonchev–Trinajstić information content (AvgIpc) is 3.35. The number of fused-ring (bicyclic) bond motifs is 2. The molecule has 2 bridgehead atoms. The summed E-state index contributed by atoms with van der Waals surface area (Å²) < 4.78 is 21.6. The standard InChI is InChI=1S/C22H20O7/c1-12-8-16-10-14(22(25)27-16)11-18-20(13(2)21(24)29-18)17(9-12)28-19(23)6-5-15-4-3-7-26-15/h3-7,9-10,16-18,20H,2,8,11H2,1H3/b6-5+,12-9+/t16-,17?,18?,20+/m1/s1. The van der Waals surface area contributed by atoms with Crippen molar-refractivity contribution in [2.45, 2.75) is 38.1 Å². The smallest absolute Gasteiger partial charge is 0.334 e. The van der Waals surface area contributed by atoms with E-state index in [1.54, 1.807) is 24.3 Å². The highest BCUT2D eigenvalue weighted by atomic mass is 16.6. The summed E-state index contributed by atoms with van der Waals surface area (Å²) in [4.78, 5) is 36.7. The van der Waals surface area contributed by atoms with Crippen LogP contribution in [0.4, 0.5) is 0 Å². The van der Waals surface area contributed by atoms with Gasteiger partial charge in [0.2, 0.25) is 0 Å². The van der Waals surface area contributed by atoms with Crippen molar-refractivity contribution in [2.75, 3.05) is 0 Å². The summed E-state index contributed by atoms with van der Waals surface area (Å²) >= 11 is 0. The molecule has 7 heteroatoms. The number of esters is 3. The summed E-state index contributed by atoms with van der Waals surface area (Å²) in [5, 5.41) is 0. The Morgan fingerprint density at radius 1 is 1.21 bits per heavy atom. The molecule has 1 fully saturated rings. The number of furan rings is 1. The van der Waals surface area contributed by atoms with Gasteiger partial charge in [-0.2, -0.15) is 0 Å². The third-order valence-corrected chi connectivity index (χ3v) is 5.16. The average molecular weight is 396 g/mol. The molecule has 0 N–H and O–H groups in total. The monoisotopic (exact) mass is 396 g/mol. The van der Waals surface area contributed by atoms with Crippen molar-refractivity contribution in [1.29, 1.82) is 0 Å². The van der Waals surface area contributed by atoms with Crippen molar-refractivity contribution in [1.82, 2.24) is 0 Å². The Kier molecular flexibility index (Phi) is 4.96. The maximum Gasteiger partial charge on any atom is 0.334 e. The molecular formula is C22H20O7. The van der Waals surface area contributed by atoms with Gasteiger partial charge in [-0.25, -0.2) is 14.4 Å². The van der Waals surface area contributed by atoms with E-state index >= 15 is 0 Å². The minimum Gasteiger partial charge on any atom is -0.465 e. The molecule has 0 amide bonds. The van der Waals surface area contributed by atoms with E-state index in [-0.39, 0.29) is 18.1 Å². The second-order valence-electron chi connectivity index (χ2n) is 7.30. The van der Waals surface area contributed by atoms with E-state index in [1.807, 2.05) is 6.92 Å². The number of hydrogen-bond acceptors (Lipinski definition) is 7. The fraction of sp³-hybridized carbons (Fsp3) is 0.318. The highest BCUT2D eigenvalue weighted by Crippen LogP contribution is 2.38. The molecule has 4 atom stereocenters. The van der Waals surface area contributed by atoms with E-state index < -0.39 is 36.0 Å². The van der Waals surface area contributed by atoms with Gasteiger partial charge in [0, 0.05) is 30.1 Å². The molecule has 1 aromatic rings. The number of carbonyl (C=O) groups excluding carboxylic acids is 3. The van der Waals surface area contributed by atoms with Gasteiger partial charge in [0.05, 0.1) is 12.2 Å². The third-order valence-electron chi connectivity index (χ3n) is 5.16. The van der Waals surface area contributed by atoms with Gasteiger partial charge in [0.25, 0.3) is 0 Å². The van der Waals surface area contributed by atoms with Gasteiger partial charge in [-0.15, -0.1) is 0 Å². The molecule has 0 spiro atoms. The minimum atomic E-state index is -0.763. The Hall–Kier alpha value is -3.35. The van der Waals surface area contributed by atoms with Crippen molar-refractivity contribution in [2.24, 2.45) is 5.92 Å². The molecule has 1 saturated heterocycles. The van der Waals surface area contributed by atoms with E-state index in [9.17, 15) is 14.4 Å². The lowest BCUT2D eigenvalue weighted by molar-refractivity contribution is -0.145. The van der Waals surface area contributed by atoms with Crippen molar-refractivity contribution < 1.29 is 33.0 Å². The first-order valence-corrected chi connectivity index (χ1v) is 9.31. The van der Waals surface area contributed by atoms with Crippen molar-refractivity contribution >= 4 is 24.0 Å². The molecular weight excluding hydrogens is 376 g/mol. The van der Waals surface area contributed by atoms with Crippen LogP contribution in [0.3, 0.4) is 0 Å². The number of ether oxygens (including phenoxy) is 3. The van der Waals surface area contributed by atoms with E-state index in [2.05, 4.69) is 6.58 Å². The first-order chi connectivity index (χ1) is 13.9. The van der Waals surface area contributed by atoms with Crippen molar-refractivity contribution in [3.63, 3.8) is 0 Å². The number of hydrogen-bond donors (Lipinski definition) is 0. The third kappa shape index (κ3) is 3.94. The summed E-state index contributed by atoms with van der Waals surface area (Å²) in [7, 11) is 0. The van der Waals surface area contributed by atoms with E-state index in [1.165, 1.54) is 18.4 Å². The van der Waals surface area contributed by atoms with Gasteiger partial charge in [-0.1, -0.05) is 12.2 Å². The topological polar surface area (TPSA) is 92.0 Å². The van der Waals surface area contributed by atoms with E-state index in [0.29, 0.717) is 17.8 Å². The lowest BCUT2D eigenvalue weighted by Crippen LogP contribution is -2.32. The lowest BCUT2D eigenvalue weighted by atomic mass is 9.85. The predicted octanol–water partition coefficient (Wildman–Crippen LogP) is 2.89. The first kappa shape index (κ1) is 19.0. The van der Waals surface area contributed by atoms with Crippen LogP contribution in [0.15, 0.2) is 64.3 Å². The Bertz CT molecular complexity index is 948. The Balaban J connectivity index is 1.61. The van der Waals surface area contributed by atoms with Crippen LogP contribution in [-0.4, -0.2) is 36.2 Å². The van der Waals surface area contributed by atoms with Crippen LogP contribution in [0.1, 0.15) is 25.5 Å². The second-order valence-corrected chi connectivity index (χ2v) is 7.30. The fourth-order valence-electron chi connectivity index (χ4n) is 3.82. The molecule has 1 aliphatic carbocycles. The van der Waals surface area contributed by atoms with Crippen LogP contribution < -0.4 is 0 Å². The van der Waals surface area contributed by atoms with Gasteiger partial charge < -0.3 is 18.6 Å². The molecule has 150 valence electrons. The van der Waals surface area contributed by atoms with Gasteiger partial charge in [-0.05, 0) is 37.3 Å². The van der Waals surface area contributed by atoms with Crippen LogP contribution in [-0.2, 0) is 28.6 Å². The van der Waals surface area contributed by atoms with Crippen molar-refractivity contribution in [3.8, 4) is 0 Å². The molecule has 29 heavy (non-hydrogen) atoms. The largest absolute Gasteiger partial charge is 0.465 e. The van der Waals surface area contributed by atoms with Crippen LogP contribution in [0.5, 0.6) is 0 Å². The summed E-state index contributed by atoms with van der Waals surface area (Å²) in [6, 6.07) is 3.42. The molecule has 4 rings (SSSR count). The van der Waals surface area contributed by atoms with Gasteiger partial charge >= 0.3 is 17.9 Å². The van der Waals surface area contributed by atoms with Gasteiger partial charge in [-0.3, -0.25) is 0 Å². The summed E-state index contributed by atoms with van der Waals surface area (Å²) in [6.45, 7) is 5.69. The maximum atomic E-state index is 12.4. The fourth-order valence-corrected chi connectivity index (χ4v) is 3.82. The highest BCUT2D eigenvalue weighted by Gasteiger charge is 2.46. The van der Waals surface area contributed by atoms with E-state index in [4.69, 9.17) is 18.6 Å². The molecule has 2 unspecified atom stereocenters. The Labute approximate surface area is 167 Å². The Morgan fingerprint density at radius 2 is 2.03 bits per heavy atom. The molecule has 1 aromatic heterocycles. The molecule has 0 radical (unpaired) electrons. The van der Waals surface area contributed by atoms with Crippen molar-refractivity contribution in [3.05, 3.63) is 65.7 Å². The van der Waals surface area contributed by atoms with Crippen LogP contribution in [0, 0.1) is 5.92 Å². The van der Waals surface area contributed by atoms with Gasteiger partial charge in [0.1, 0.15) is 24.1 Å². The number of rotatable bonds is 3. The zero-order valence-electron chi connectivity index (χ0n) is 15.8. The molecule has 3 aliphatic rings. The molecule has 2 aliphatic heterocycles. The van der Waals surface area contributed by atoms with Crippen LogP contribution in [0.25, 0.3) is 6.08 Å². The summed E-state index contributed by atoms with van der Waals surface area (Å²) in [5.41, 5.74) is 1.54. The lowest BCUT2D eigenvalue weighted by Gasteiger charge is -2.25. The molecule has 3 heterocycles. The van der Waals surface area contributed by atoms with Gasteiger partial charge in [0.15, 0.2) is 0 Å². The molecule has 0 saturated carbocycles. The maximum absolute atomic E-state index is 12.4. The van der Waals surface area contributed by atoms with E-state index in [0.717, 1.165) is 5.57 Å². The number of carbonyl (C=O) groups is 3. The van der Waals surface area contributed by atoms with Crippen LogP contribution in [0.2, 0.25) is 0 Å². The SMILES string of the molecule is C=C1C(=O)OC2CC3=C[C@@H](C/C(C)=C/C(OC(=O)/C=C/c4ccco4)[C@H]12)OC3=O. The minimum absolute atomic E-state index is 0.188. The highest BCUT2D eigenvalue weighted by molar-refractivity contribution is 5.93. The molecule has 7 nitrogen and oxygen atoms in total. The summed E-state index contributed by atoms with van der Waals surface area (Å²) in [5.74, 6) is -1.63. The zero-order chi connectivity index (χ0) is 20.5. The summed E-state index contributed by atoms with van der Waals surface area (Å²) in [6.07, 6.45) is 6.66. The zero-order valence-corrected chi connectivity index (χ0v) is 15.8. The normalized spacial score (nSPS) is 30.9. The quantitative estimate of drug-likeness (QED) is 0.336. The van der Waals surface area contributed by atoms with Crippen LogP contribution >= 0.6 is 0 Å². The molecule has 0 aromatic carbocycles.